The highest BCUT2D eigenvalue weighted by molar-refractivity contribution is 5.93. The summed E-state index contributed by atoms with van der Waals surface area (Å²) in [6, 6.07) is 4.38. The molecule has 5 heteroatoms. The molecule has 0 radical (unpaired) electrons. The van der Waals surface area contributed by atoms with Gasteiger partial charge in [0.1, 0.15) is 5.82 Å². The van der Waals surface area contributed by atoms with E-state index >= 15 is 0 Å². The third kappa shape index (κ3) is 4.88. The molecule has 4 nitrogen and oxygen atoms in total. The van der Waals surface area contributed by atoms with E-state index in [4.69, 9.17) is 5.21 Å². The van der Waals surface area contributed by atoms with Crippen LogP contribution in [0, 0.1) is 29.0 Å². The van der Waals surface area contributed by atoms with Gasteiger partial charge in [-0.1, -0.05) is 26.3 Å². The monoisotopic (exact) mass is 376 g/mol. The predicted octanol–water partition coefficient (Wildman–Crippen LogP) is 4.62. The lowest BCUT2D eigenvalue weighted by Gasteiger charge is -2.49. The first kappa shape index (κ1) is 20.3. The second-order valence-electron chi connectivity index (χ2n) is 9.35. The molecule has 2 saturated carbocycles. The summed E-state index contributed by atoms with van der Waals surface area (Å²) in [5.74, 6) is 1.53. The Labute approximate surface area is 162 Å². The molecule has 3 rings (SSSR count). The van der Waals surface area contributed by atoms with Crippen LogP contribution in [0.3, 0.4) is 0 Å². The third-order valence-electron chi connectivity index (χ3n) is 6.65. The maximum absolute atomic E-state index is 14.4. The minimum atomic E-state index is -0.694. The van der Waals surface area contributed by atoms with Gasteiger partial charge < -0.3 is 4.90 Å². The number of nitrogens with zero attached hydrogens (tertiary/aromatic N) is 1. The van der Waals surface area contributed by atoms with E-state index in [1.165, 1.54) is 50.1 Å². The summed E-state index contributed by atoms with van der Waals surface area (Å²) in [6.45, 7) is 6.22. The van der Waals surface area contributed by atoms with E-state index in [-0.39, 0.29) is 5.56 Å². The van der Waals surface area contributed by atoms with Crippen LogP contribution in [0.4, 0.5) is 4.39 Å². The summed E-state index contributed by atoms with van der Waals surface area (Å²) in [7, 11) is 2.05. The second-order valence-corrected chi connectivity index (χ2v) is 9.35. The molecule has 1 amide bonds. The van der Waals surface area contributed by atoms with Crippen LogP contribution in [0.5, 0.6) is 0 Å². The summed E-state index contributed by atoms with van der Waals surface area (Å²) >= 11 is 0. The van der Waals surface area contributed by atoms with Gasteiger partial charge in [-0.15, -0.1) is 0 Å². The number of nitrogens with one attached hydrogen (secondary N) is 1. The van der Waals surface area contributed by atoms with Gasteiger partial charge in [0.15, 0.2) is 0 Å². The summed E-state index contributed by atoms with van der Waals surface area (Å²) < 4.78 is 14.4. The van der Waals surface area contributed by atoms with Crippen molar-refractivity contribution in [3.05, 3.63) is 35.1 Å². The van der Waals surface area contributed by atoms with Gasteiger partial charge >= 0.3 is 0 Å². The van der Waals surface area contributed by atoms with Crippen molar-refractivity contribution in [2.24, 2.45) is 23.2 Å². The van der Waals surface area contributed by atoms with E-state index < -0.39 is 11.7 Å². The van der Waals surface area contributed by atoms with E-state index in [9.17, 15) is 9.18 Å². The molecule has 2 unspecified atom stereocenters. The molecule has 2 atom stereocenters. The van der Waals surface area contributed by atoms with Crippen LogP contribution in [-0.4, -0.2) is 29.6 Å². The zero-order valence-electron chi connectivity index (χ0n) is 16.8. The van der Waals surface area contributed by atoms with Crippen molar-refractivity contribution < 1.29 is 14.4 Å². The molecule has 2 aliphatic rings. The van der Waals surface area contributed by atoms with Gasteiger partial charge in [-0.05, 0) is 74.5 Å². The Morgan fingerprint density at radius 1 is 1.30 bits per heavy atom. The highest BCUT2D eigenvalue weighted by Gasteiger charge is 2.41. The molecule has 0 spiro atoms. The fraction of sp³-hybridized carbons (Fsp3) is 0.682. The van der Waals surface area contributed by atoms with Crippen LogP contribution < -0.4 is 5.48 Å². The first-order valence-electron chi connectivity index (χ1n) is 10.2. The molecule has 0 heterocycles. The molecular weight excluding hydrogens is 343 g/mol. The zero-order valence-corrected chi connectivity index (χ0v) is 16.8. The Bertz CT molecular complexity index is 664. The molecule has 0 aromatic heterocycles. The molecule has 1 aromatic carbocycles. The minimum absolute atomic E-state index is 0.124. The number of amides is 1. The molecule has 1 aromatic rings. The predicted molar refractivity (Wildman–Crippen MR) is 104 cm³/mol. The van der Waals surface area contributed by atoms with Gasteiger partial charge in [0.25, 0.3) is 5.91 Å². The minimum Gasteiger partial charge on any atom is -0.301 e. The number of carbonyl (C=O) groups is 1. The van der Waals surface area contributed by atoms with E-state index in [1.54, 1.807) is 12.1 Å². The summed E-state index contributed by atoms with van der Waals surface area (Å²) in [5.41, 5.74) is 2.54. The largest absolute Gasteiger partial charge is 0.301 e. The van der Waals surface area contributed by atoms with Gasteiger partial charge in [0.05, 0.1) is 0 Å². The van der Waals surface area contributed by atoms with Gasteiger partial charge in [-0.2, -0.15) is 0 Å². The maximum atomic E-state index is 14.4. The molecule has 2 fully saturated rings. The number of hydrogen-bond donors (Lipinski definition) is 2. The van der Waals surface area contributed by atoms with E-state index in [1.807, 2.05) is 0 Å². The van der Waals surface area contributed by atoms with Crippen LogP contribution in [-0.2, 0) is 6.54 Å². The molecule has 0 aliphatic heterocycles. The van der Waals surface area contributed by atoms with E-state index in [2.05, 4.69) is 25.8 Å². The van der Waals surface area contributed by atoms with Gasteiger partial charge in [0, 0.05) is 24.2 Å². The molecule has 0 saturated heterocycles. The molecule has 2 N–H and O–H groups in total. The fourth-order valence-electron chi connectivity index (χ4n) is 5.86. The van der Waals surface area contributed by atoms with E-state index in [0.29, 0.717) is 17.5 Å². The van der Waals surface area contributed by atoms with Crippen molar-refractivity contribution >= 4 is 5.91 Å². The highest BCUT2D eigenvalue weighted by Crippen LogP contribution is 2.51. The van der Waals surface area contributed by atoms with Crippen molar-refractivity contribution in [1.29, 1.82) is 0 Å². The maximum Gasteiger partial charge on any atom is 0.274 e. The van der Waals surface area contributed by atoms with Crippen LogP contribution in [0.25, 0.3) is 0 Å². The Morgan fingerprint density at radius 3 is 2.52 bits per heavy atom. The smallest absolute Gasteiger partial charge is 0.274 e. The number of fused-ring (bicyclic) bond motifs is 2. The van der Waals surface area contributed by atoms with Gasteiger partial charge in [0.2, 0.25) is 0 Å². The molecule has 150 valence electrons. The van der Waals surface area contributed by atoms with Crippen LogP contribution in [0.1, 0.15) is 68.3 Å². The Hall–Kier alpha value is -1.46. The van der Waals surface area contributed by atoms with Crippen molar-refractivity contribution in [3.8, 4) is 0 Å². The summed E-state index contributed by atoms with van der Waals surface area (Å²) in [5, 5.41) is 8.67. The first-order valence-corrected chi connectivity index (χ1v) is 10.2. The van der Waals surface area contributed by atoms with Crippen LogP contribution in [0.15, 0.2) is 18.2 Å². The number of hydrogen-bond acceptors (Lipinski definition) is 3. The molecule has 2 aliphatic carbocycles. The lowest BCUT2D eigenvalue weighted by Crippen LogP contribution is -2.42. The van der Waals surface area contributed by atoms with Crippen LogP contribution in [0.2, 0.25) is 0 Å². The number of halogens is 1. The quantitative estimate of drug-likeness (QED) is 0.563. The lowest BCUT2D eigenvalue weighted by atomic mass is 9.59. The zero-order chi connectivity index (χ0) is 19.6. The van der Waals surface area contributed by atoms with E-state index in [0.717, 1.165) is 24.3 Å². The fourth-order valence-corrected chi connectivity index (χ4v) is 5.86. The number of hydroxylamine groups is 1. The number of benzene rings is 1. The summed E-state index contributed by atoms with van der Waals surface area (Å²) in [4.78, 5) is 13.6. The Morgan fingerprint density at radius 2 is 1.96 bits per heavy atom. The van der Waals surface area contributed by atoms with Crippen molar-refractivity contribution in [2.45, 2.75) is 58.9 Å². The summed E-state index contributed by atoms with van der Waals surface area (Å²) in [6.07, 6.45) is 8.04. The van der Waals surface area contributed by atoms with Crippen molar-refractivity contribution in [1.82, 2.24) is 10.4 Å². The normalized spacial score (nSPS) is 30.4. The van der Waals surface area contributed by atoms with Crippen molar-refractivity contribution in [3.63, 3.8) is 0 Å². The lowest BCUT2D eigenvalue weighted by molar-refractivity contribution is 0.0200. The average Bonchev–Trinajstić information content (AvgIpc) is 2.61. The Balaban J connectivity index is 1.61. The third-order valence-corrected chi connectivity index (χ3v) is 6.65. The first-order chi connectivity index (χ1) is 12.8. The standard InChI is InChI=1S/C22H33FN2O2/c1-4-15-7-16-9-17(8-15)12-22(2,11-16)14-25(3)13-19-6-5-18(10-20(19)23)21(26)24-27/h5-6,10,15-17,27H,4,7-9,11-14H2,1-3H3,(H,24,26). The SMILES string of the molecule is CCC1CC2CC(C1)CC(C)(CN(C)Cc1ccc(C(=O)NO)cc1F)C2. The molecule has 2 bridgehead atoms. The number of carbonyl (C=O) groups excluding carboxylic acids is 1. The molecule has 27 heavy (non-hydrogen) atoms. The topological polar surface area (TPSA) is 52.6 Å². The van der Waals surface area contributed by atoms with Gasteiger partial charge in [-0.25, -0.2) is 9.87 Å². The highest BCUT2D eigenvalue weighted by atomic mass is 19.1. The average molecular weight is 377 g/mol. The van der Waals surface area contributed by atoms with Gasteiger partial charge in [-0.3, -0.25) is 10.0 Å². The Kier molecular flexibility index (Phi) is 6.21. The number of rotatable bonds is 6. The molecular formula is C22H33FN2O2. The second kappa shape index (κ2) is 8.27. The van der Waals surface area contributed by atoms with Crippen molar-refractivity contribution in [2.75, 3.05) is 13.6 Å². The van der Waals surface area contributed by atoms with Crippen LogP contribution >= 0.6 is 0 Å².